The van der Waals surface area contributed by atoms with Gasteiger partial charge < -0.3 is 4.74 Å². The Morgan fingerprint density at radius 2 is 1.67 bits per heavy atom. The van der Waals surface area contributed by atoms with Crippen molar-refractivity contribution >= 4 is 87.2 Å². The lowest BCUT2D eigenvalue weighted by atomic mass is 10.1. The number of benzene rings is 2. The molecule has 2 rings (SSSR count). The van der Waals surface area contributed by atoms with Crippen molar-refractivity contribution in [3.63, 3.8) is 0 Å². The highest BCUT2D eigenvalue weighted by molar-refractivity contribution is 6.68. The van der Waals surface area contributed by atoms with Gasteiger partial charge in [-0.1, -0.05) is 75.7 Å². The Labute approximate surface area is 185 Å². The molecule has 0 spiro atoms. The molecule has 2 aromatic carbocycles. The summed E-state index contributed by atoms with van der Waals surface area (Å²) in [7, 11) is 0. The number of alkyl halides is 3. The van der Waals surface area contributed by atoms with Crippen LogP contribution in [0.2, 0.25) is 15.1 Å². The summed E-state index contributed by atoms with van der Waals surface area (Å²) in [6.45, 7) is 0. The second-order valence-electron chi connectivity index (χ2n) is 5.32. The molecule has 144 valence electrons. The average Bonchev–Trinajstić information content (AvgIpc) is 2.53. The van der Waals surface area contributed by atoms with E-state index in [0.29, 0.717) is 15.7 Å². The third-order valence-corrected chi connectivity index (χ3v) is 4.80. The zero-order chi connectivity index (χ0) is 20.2. The fourth-order valence-electron chi connectivity index (χ4n) is 2.06. The van der Waals surface area contributed by atoms with Crippen molar-refractivity contribution in [3.05, 3.63) is 63.1 Å². The first-order valence-electron chi connectivity index (χ1n) is 7.34. The lowest BCUT2D eigenvalue weighted by Crippen LogP contribution is -2.35. The van der Waals surface area contributed by atoms with E-state index in [0.717, 1.165) is 0 Å². The molecule has 1 atom stereocenters. The molecule has 1 amide bonds. The number of anilines is 1. The molecule has 0 aromatic heterocycles. The van der Waals surface area contributed by atoms with Crippen LogP contribution >= 0.6 is 69.6 Å². The van der Waals surface area contributed by atoms with Crippen LogP contribution in [0, 0.1) is 0 Å². The van der Waals surface area contributed by atoms with Gasteiger partial charge in [-0.3, -0.25) is 10.1 Å². The maximum Gasteiger partial charge on any atom is 0.412 e. The number of hydrogen-bond acceptors (Lipinski definition) is 3. The SMILES string of the molecule is O=C(Nc1cccc(Cl)c1)OC(CC(=O)c1ccc(Cl)cc1Cl)C(Cl)(Cl)Cl. The van der Waals surface area contributed by atoms with Gasteiger partial charge in [0.15, 0.2) is 11.9 Å². The fourth-order valence-corrected chi connectivity index (χ4v) is 3.13. The normalized spacial score (nSPS) is 12.4. The van der Waals surface area contributed by atoms with Crippen molar-refractivity contribution in [3.8, 4) is 0 Å². The van der Waals surface area contributed by atoms with Crippen LogP contribution in [0.5, 0.6) is 0 Å². The van der Waals surface area contributed by atoms with Crippen LogP contribution in [0.4, 0.5) is 10.5 Å². The van der Waals surface area contributed by atoms with Gasteiger partial charge in [-0.2, -0.15) is 0 Å². The maximum atomic E-state index is 12.5. The molecule has 0 heterocycles. The van der Waals surface area contributed by atoms with Crippen molar-refractivity contribution in [2.75, 3.05) is 5.32 Å². The first-order chi connectivity index (χ1) is 12.6. The van der Waals surface area contributed by atoms with Gasteiger partial charge in [0.2, 0.25) is 3.79 Å². The molecule has 0 fully saturated rings. The predicted molar refractivity (Wildman–Crippen MR) is 111 cm³/mol. The molecule has 1 unspecified atom stereocenters. The average molecular weight is 490 g/mol. The summed E-state index contributed by atoms with van der Waals surface area (Å²) in [5, 5.41) is 3.36. The molecule has 0 aliphatic carbocycles. The summed E-state index contributed by atoms with van der Waals surface area (Å²) < 4.78 is 3.09. The van der Waals surface area contributed by atoms with Crippen LogP contribution < -0.4 is 5.32 Å². The summed E-state index contributed by atoms with van der Waals surface area (Å²) >= 11 is 35.3. The van der Waals surface area contributed by atoms with Gasteiger partial charge in [0, 0.05) is 21.3 Å². The number of carbonyl (C=O) groups is 2. The van der Waals surface area contributed by atoms with Gasteiger partial charge in [-0.25, -0.2) is 4.79 Å². The lowest BCUT2D eigenvalue weighted by molar-refractivity contribution is 0.0812. The van der Waals surface area contributed by atoms with E-state index in [1.165, 1.54) is 24.3 Å². The Morgan fingerprint density at radius 1 is 1.00 bits per heavy atom. The zero-order valence-electron chi connectivity index (χ0n) is 13.3. The van der Waals surface area contributed by atoms with Crippen LogP contribution in [0.15, 0.2) is 42.5 Å². The molecule has 0 bridgehead atoms. The second kappa shape index (κ2) is 9.55. The molecule has 1 N–H and O–H groups in total. The number of ether oxygens (including phenoxy) is 1. The zero-order valence-corrected chi connectivity index (χ0v) is 17.9. The summed E-state index contributed by atoms with van der Waals surface area (Å²) in [6, 6.07) is 10.7. The molecule has 4 nitrogen and oxygen atoms in total. The highest BCUT2D eigenvalue weighted by Crippen LogP contribution is 2.35. The van der Waals surface area contributed by atoms with Crippen molar-refractivity contribution in [2.24, 2.45) is 0 Å². The van der Waals surface area contributed by atoms with Gasteiger partial charge in [-0.15, -0.1) is 0 Å². The molecule has 0 aliphatic rings. The Hall–Kier alpha value is -0.880. The van der Waals surface area contributed by atoms with Gasteiger partial charge in [0.25, 0.3) is 0 Å². The molecule has 0 aliphatic heterocycles. The van der Waals surface area contributed by atoms with Crippen LogP contribution in [0.1, 0.15) is 16.8 Å². The molecular weight excluding hydrogens is 479 g/mol. The van der Waals surface area contributed by atoms with E-state index in [-0.39, 0.29) is 10.6 Å². The van der Waals surface area contributed by atoms with E-state index in [1.54, 1.807) is 18.2 Å². The van der Waals surface area contributed by atoms with E-state index >= 15 is 0 Å². The smallest absolute Gasteiger partial charge is 0.412 e. The van der Waals surface area contributed by atoms with E-state index in [2.05, 4.69) is 5.32 Å². The third-order valence-electron chi connectivity index (χ3n) is 3.29. The molecule has 0 radical (unpaired) electrons. The van der Waals surface area contributed by atoms with Crippen molar-refractivity contribution in [1.82, 2.24) is 0 Å². The number of amides is 1. The van der Waals surface area contributed by atoms with Crippen molar-refractivity contribution in [1.29, 1.82) is 0 Å². The number of nitrogens with one attached hydrogen (secondary N) is 1. The topological polar surface area (TPSA) is 55.4 Å². The predicted octanol–water partition coefficient (Wildman–Crippen LogP) is 7.21. The molecular formula is C17H11Cl6NO3. The van der Waals surface area contributed by atoms with Crippen LogP contribution in [0.25, 0.3) is 0 Å². The number of rotatable bonds is 5. The monoisotopic (exact) mass is 487 g/mol. The maximum absolute atomic E-state index is 12.5. The van der Waals surface area contributed by atoms with Crippen LogP contribution in [-0.4, -0.2) is 21.8 Å². The van der Waals surface area contributed by atoms with E-state index < -0.39 is 28.2 Å². The molecule has 0 saturated carbocycles. The van der Waals surface area contributed by atoms with Gasteiger partial charge in [-0.05, 0) is 36.4 Å². The Bertz CT molecular complexity index is 853. The number of hydrogen-bond donors (Lipinski definition) is 1. The summed E-state index contributed by atoms with van der Waals surface area (Å²) in [5.41, 5.74) is 0.543. The number of carbonyl (C=O) groups excluding carboxylic acids is 2. The van der Waals surface area contributed by atoms with Crippen LogP contribution in [0.3, 0.4) is 0 Å². The number of halogens is 6. The Morgan fingerprint density at radius 3 is 2.26 bits per heavy atom. The summed E-state index contributed by atoms with van der Waals surface area (Å²) in [5.74, 6) is -0.483. The van der Waals surface area contributed by atoms with Crippen molar-refractivity contribution in [2.45, 2.75) is 16.3 Å². The fraction of sp³-hybridized carbons (Fsp3) is 0.176. The van der Waals surface area contributed by atoms with Gasteiger partial charge in [0.05, 0.1) is 11.4 Å². The van der Waals surface area contributed by atoms with Gasteiger partial charge >= 0.3 is 6.09 Å². The summed E-state index contributed by atoms with van der Waals surface area (Å²) in [6.07, 6.45) is -2.68. The largest absolute Gasteiger partial charge is 0.441 e. The number of Topliss-reactive ketones (excluding diaryl/α,β-unsaturated/α-hetero) is 1. The molecule has 10 heteroatoms. The lowest BCUT2D eigenvalue weighted by Gasteiger charge is -2.24. The van der Waals surface area contributed by atoms with E-state index in [9.17, 15) is 9.59 Å². The molecule has 0 saturated heterocycles. The quantitative estimate of drug-likeness (QED) is 0.356. The standard InChI is InChI=1S/C17H11Cl6NO3/c18-9-2-1-3-11(6-9)24-16(26)27-15(17(21,22)23)8-14(25)12-5-4-10(19)7-13(12)20/h1-7,15H,8H2,(H,24,26). The minimum atomic E-state index is -2.04. The first kappa shape index (κ1) is 22.4. The Kier molecular flexibility index (Phi) is 7.93. The highest BCUT2D eigenvalue weighted by atomic mass is 35.6. The molecule has 2 aromatic rings. The first-order valence-corrected chi connectivity index (χ1v) is 9.61. The Balaban J connectivity index is 2.11. The third kappa shape index (κ3) is 6.90. The second-order valence-corrected chi connectivity index (χ2v) is 8.97. The van der Waals surface area contributed by atoms with Crippen molar-refractivity contribution < 1.29 is 14.3 Å². The van der Waals surface area contributed by atoms with E-state index in [4.69, 9.17) is 74.3 Å². The minimum absolute atomic E-state index is 0.138. The summed E-state index contributed by atoms with van der Waals surface area (Å²) in [4.78, 5) is 24.6. The molecule has 27 heavy (non-hydrogen) atoms. The van der Waals surface area contributed by atoms with Crippen LogP contribution in [-0.2, 0) is 4.74 Å². The highest BCUT2D eigenvalue weighted by Gasteiger charge is 2.38. The van der Waals surface area contributed by atoms with E-state index in [1.807, 2.05) is 0 Å². The minimum Gasteiger partial charge on any atom is -0.441 e. The number of ketones is 1. The van der Waals surface area contributed by atoms with Gasteiger partial charge in [0.1, 0.15) is 0 Å².